The van der Waals surface area contributed by atoms with E-state index in [0.717, 1.165) is 12.8 Å². The lowest BCUT2D eigenvalue weighted by Crippen LogP contribution is -2.29. The molecular weight excluding hydrogens is 343 g/mol. The van der Waals surface area contributed by atoms with Gasteiger partial charge in [-0.1, -0.05) is 76.9 Å². The van der Waals surface area contributed by atoms with Crippen LogP contribution in [0.5, 0.6) is 0 Å². The molecule has 160 valence electrons. The topological polar surface area (TPSA) is 79.2 Å². The van der Waals surface area contributed by atoms with Crippen molar-refractivity contribution in [2.24, 2.45) is 0 Å². The molecule has 0 aliphatic carbocycles. The summed E-state index contributed by atoms with van der Waals surface area (Å²) in [6.07, 6.45) is 21.3. The van der Waals surface area contributed by atoms with Crippen LogP contribution in [0, 0.1) is 0 Å². The standard InChI is InChI=1S/C21H43BO5/c1-2-3-4-5-6-7-8-9-10-11-12-13-14-15-16-17-18-26-22(25)27-20-21(24)19-23/h9-10,21,23-25H,2-8,11-20H2,1H3/b10-9-. The van der Waals surface area contributed by atoms with Gasteiger partial charge in [0.15, 0.2) is 0 Å². The zero-order valence-corrected chi connectivity index (χ0v) is 17.5. The Morgan fingerprint density at radius 3 is 1.85 bits per heavy atom. The quantitative estimate of drug-likeness (QED) is 0.155. The van der Waals surface area contributed by atoms with Crippen molar-refractivity contribution < 1.29 is 24.5 Å². The average molecular weight is 386 g/mol. The molecule has 0 saturated carbocycles. The summed E-state index contributed by atoms with van der Waals surface area (Å²) < 4.78 is 9.93. The lowest BCUT2D eigenvalue weighted by atomic mass is 10.1. The molecule has 1 atom stereocenters. The van der Waals surface area contributed by atoms with Crippen LogP contribution in [0.3, 0.4) is 0 Å². The number of hydrogen-bond acceptors (Lipinski definition) is 5. The second-order valence-electron chi connectivity index (χ2n) is 7.29. The van der Waals surface area contributed by atoms with Gasteiger partial charge < -0.3 is 24.5 Å². The maximum absolute atomic E-state index is 9.38. The minimum absolute atomic E-state index is 0.134. The molecule has 0 rings (SSSR count). The van der Waals surface area contributed by atoms with Gasteiger partial charge in [-0.2, -0.15) is 0 Å². The molecule has 3 N–H and O–H groups in total. The highest BCUT2D eigenvalue weighted by atomic mass is 16.7. The highest BCUT2D eigenvalue weighted by Gasteiger charge is 2.16. The molecule has 27 heavy (non-hydrogen) atoms. The van der Waals surface area contributed by atoms with Crippen LogP contribution in [-0.2, 0) is 9.31 Å². The van der Waals surface area contributed by atoms with E-state index in [-0.39, 0.29) is 13.2 Å². The van der Waals surface area contributed by atoms with Crippen LogP contribution in [0.15, 0.2) is 12.2 Å². The zero-order valence-electron chi connectivity index (χ0n) is 17.5. The van der Waals surface area contributed by atoms with E-state index in [9.17, 15) is 5.02 Å². The molecule has 6 heteroatoms. The number of rotatable bonds is 21. The smallest absolute Gasteiger partial charge is 0.402 e. The van der Waals surface area contributed by atoms with E-state index in [1.807, 2.05) is 0 Å². The molecule has 0 aromatic rings. The van der Waals surface area contributed by atoms with Gasteiger partial charge >= 0.3 is 7.32 Å². The van der Waals surface area contributed by atoms with Crippen molar-refractivity contribution in [1.29, 1.82) is 0 Å². The van der Waals surface area contributed by atoms with Gasteiger partial charge in [0.2, 0.25) is 0 Å². The molecule has 0 fully saturated rings. The van der Waals surface area contributed by atoms with Gasteiger partial charge in [-0.3, -0.25) is 0 Å². The lowest BCUT2D eigenvalue weighted by Gasteiger charge is -2.11. The van der Waals surface area contributed by atoms with E-state index >= 15 is 0 Å². The van der Waals surface area contributed by atoms with E-state index < -0.39 is 13.4 Å². The Balaban J connectivity index is 3.19. The molecule has 0 aliphatic rings. The molecule has 0 spiro atoms. The van der Waals surface area contributed by atoms with Crippen LogP contribution in [-0.4, -0.2) is 48.5 Å². The van der Waals surface area contributed by atoms with Crippen molar-refractivity contribution in [1.82, 2.24) is 0 Å². The number of aliphatic hydroxyl groups is 2. The molecule has 0 amide bonds. The van der Waals surface area contributed by atoms with Crippen molar-refractivity contribution in [3.8, 4) is 0 Å². The largest absolute Gasteiger partial charge is 0.636 e. The second-order valence-corrected chi connectivity index (χ2v) is 7.29. The molecule has 0 aromatic carbocycles. The van der Waals surface area contributed by atoms with Crippen molar-refractivity contribution >= 4 is 7.32 Å². The number of unbranched alkanes of at least 4 members (excludes halogenated alkanes) is 12. The Morgan fingerprint density at radius 1 is 0.778 bits per heavy atom. The summed E-state index contributed by atoms with van der Waals surface area (Å²) in [6, 6.07) is 0. The molecule has 0 bridgehead atoms. The van der Waals surface area contributed by atoms with Crippen LogP contribution in [0.4, 0.5) is 0 Å². The summed E-state index contributed by atoms with van der Waals surface area (Å²) in [5.74, 6) is 0. The fourth-order valence-corrected chi connectivity index (χ4v) is 2.83. The number of aliphatic hydroxyl groups excluding tert-OH is 2. The third kappa shape index (κ3) is 21.8. The number of hydrogen-bond donors (Lipinski definition) is 3. The van der Waals surface area contributed by atoms with Gasteiger partial charge in [0, 0.05) is 6.61 Å². The molecular formula is C21H43BO5. The summed E-state index contributed by atoms with van der Waals surface area (Å²) in [6.45, 7) is 2.18. The van der Waals surface area contributed by atoms with Gasteiger partial charge in [0.25, 0.3) is 0 Å². The van der Waals surface area contributed by atoms with E-state index in [2.05, 4.69) is 19.1 Å². The van der Waals surface area contributed by atoms with Gasteiger partial charge in [0.1, 0.15) is 0 Å². The molecule has 5 nitrogen and oxygen atoms in total. The van der Waals surface area contributed by atoms with Gasteiger partial charge in [0.05, 0.1) is 19.3 Å². The highest BCUT2D eigenvalue weighted by molar-refractivity contribution is 6.34. The van der Waals surface area contributed by atoms with Gasteiger partial charge in [-0.15, -0.1) is 0 Å². The summed E-state index contributed by atoms with van der Waals surface area (Å²) in [4.78, 5) is 0. The van der Waals surface area contributed by atoms with E-state index in [1.54, 1.807) is 0 Å². The monoisotopic (exact) mass is 386 g/mol. The Labute approximate surface area is 167 Å². The molecule has 0 radical (unpaired) electrons. The average Bonchev–Trinajstić information content (AvgIpc) is 2.68. The van der Waals surface area contributed by atoms with Crippen molar-refractivity contribution in [2.45, 2.75) is 103 Å². The molecule has 0 aromatic heterocycles. The Hall–Kier alpha value is -0.395. The van der Waals surface area contributed by atoms with Crippen molar-refractivity contribution in [3.63, 3.8) is 0 Å². The predicted molar refractivity (Wildman–Crippen MR) is 112 cm³/mol. The van der Waals surface area contributed by atoms with Crippen LogP contribution in [0.25, 0.3) is 0 Å². The molecule has 1 unspecified atom stereocenters. The first-order valence-corrected chi connectivity index (χ1v) is 11.1. The van der Waals surface area contributed by atoms with Gasteiger partial charge in [-0.25, -0.2) is 0 Å². The summed E-state index contributed by atoms with van der Waals surface area (Å²) >= 11 is 0. The molecule has 0 aliphatic heterocycles. The van der Waals surface area contributed by atoms with E-state index in [0.29, 0.717) is 6.61 Å². The van der Waals surface area contributed by atoms with Crippen LogP contribution >= 0.6 is 0 Å². The minimum Gasteiger partial charge on any atom is -0.402 e. The maximum atomic E-state index is 9.38. The lowest BCUT2D eigenvalue weighted by molar-refractivity contribution is 0.0282. The van der Waals surface area contributed by atoms with E-state index in [4.69, 9.17) is 19.5 Å². The molecule has 0 saturated heterocycles. The fraction of sp³-hybridized carbons (Fsp3) is 0.905. The SMILES string of the molecule is CCCCCCCC/C=C\CCCCCCCCOB(O)OCC(O)CO. The fourth-order valence-electron chi connectivity index (χ4n) is 2.83. The predicted octanol–water partition coefficient (Wildman–Crippen LogP) is 4.39. The summed E-state index contributed by atoms with van der Waals surface area (Å²) in [5.41, 5.74) is 0. The first-order chi connectivity index (χ1) is 13.2. The second kappa shape index (κ2) is 21.9. The third-order valence-corrected chi connectivity index (χ3v) is 4.56. The normalized spacial score (nSPS) is 12.7. The summed E-state index contributed by atoms with van der Waals surface area (Å²) in [5, 5.41) is 27.1. The highest BCUT2D eigenvalue weighted by Crippen LogP contribution is 2.10. The van der Waals surface area contributed by atoms with Gasteiger partial charge in [-0.05, 0) is 32.1 Å². The summed E-state index contributed by atoms with van der Waals surface area (Å²) in [7, 11) is -1.32. The maximum Gasteiger partial charge on any atom is 0.636 e. The Kier molecular flexibility index (Phi) is 21.6. The Bertz CT molecular complexity index is 315. The van der Waals surface area contributed by atoms with Crippen LogP contribution < -0.4 is 0 Å². The van der Waals surface area contributed by atoms with Crippen LogP contribution in [0.2, 0.25) is 0 Å². The zero-order chi connectivity index (χ0) is 20.0. The third-order valence-electron chi connectivity index (χ3n) is 4.56. The Morgan fingerprint density at radius 2 is 1.30 bits per heavy atom. The van der Waals surface area contributed by atoms with E-state index in [1.165, 1.54) is 77.0 Å². The van der Waals surface area contributed by atoms with Crippen LogP contribution in [0.1, 0.15) is 96.8 Å². The van der Waals surface area contributed by atoms with Crippen molar-refractivity contribution in [2.75, 3.05) is 19.8 Å². The van der Waals surface area contributed by atoms with Crippen molar-refractivity contribution in [3.05, 3.63) is 12.2 Å². The first kappa shape index (κ1) is 26.6. The number of allylic oxidation sites excluding steroid dienone is 2. The minimum atomic E-state index is -1.32. The molecule has 0 heterocycles. The first-order valence-electron chi connectivity index (χ1n) is 11.1.